The van der Waals surface area contributed by atoms with Crippen LogP contribution in [0.3, 0.4) is 0 Å². The number of unbranched alkanes of at least 4 members (excludes halogenated alkanes) is 1. The second-order valence-electron chi connectivity index (χ2n) is 4.55. The summed E-state index contributed by atoms with van der Waals surface area (Å²) in [4.78, 5) is 13.9. The molecule has 0 aromatic heterocycles. The van der Waals surface area contributed by atoms with E-state index in [0.717, 1.165) is 25.9 Å². The van der Waals surface area contributed by atoms with Crippen LogP contribution in [0.5, 0.6) is 0 Å². The van der Waals surface area contributed by atoms with Crippen LogP contribution in [0, 0.1) is 0 Å². The van der Waals surface area contributed by atoms with E-state index >= 15 is 0 Å². The molecular formula is C12H25N3O. The lowest BCUT2D eigenvalue weighted by molar-refractivity contribution is -0.123. The van der Waals surface area contributed by atoms with Gasteiger partial charge in [0, 0.05) is 25.7 Å². The van der Waals surface area contributed by atoms with Crippen LogP contribution in [0.15, 0.2) is 0 Å². The van der Waals surface area contributed by atoms with Crippen molar-refractivity contribution in [3.63, 3.8) is 0 Å². The zero-order valence-electron chi connectivity index (χ0n) is 10.4. The third-order valence-electron chi connectivity index (χ3n) is 3.21. The number of rotatable bonds is 8. The standard InChI is InChI=1S/C12H25N3O/c1-2-3-8-14-12(16)10-15(9-7-13)11-5-4-6-11/h11H,2-10,13H2,1H3,(H,14,16). The van der Waals surface area contributed by atoms with Gasteiger partial charge in [-0.05, 0) is 19.3 Å². The van der Waals surface area contributed by atoms with Crippen molar-refractivity contribution >= 4 is 5.91 Å². The van der Waals surface area contributed by atoms with Crippen LogP contribution >= 0.6 is 0 Å². The summed E-state index contributed by atoms with van der Waals surface area (Å²) in [5.41, 5.74) is 5.57. The van der Waals surface area contributed by atoms with Crippen LogP contribution in [0.1, 0.15) is 39.0 Å². The van der Waals surface area contributed by atoms with Crippen LogP contribution in [0.2, 0.25) is 0 Å². The Labute approximate surface area is 98.6 Å². The molecule has 0 unspecified atom stereocenters. The molecule has 4 nitrogen and oxygen atoms in total. The first-order valence-corrected chi connectivity index (χ1v) is 6.48. The molecular weight excluding hydrogens is 202 g/mol. The molecule has 4 heteroatoms. The van der Waals surface area contributed by atoms with Gasteiger partial charge in [0.15, 0.2) is 0 Å². The van der Waals surface area contributed by atoms with E-state index in [4.69, 9.17) is 5.73 Å². The number of hydrogen-bond donors (Lipinski definition) is 2. The van der Waals surface area contributed by atoms with Crippen molar-refractivity contribution < 1.29 is 4.79 Å². The highest BCUT2D eigenvalue weighted by atomic mass is 16.2. The van der Waals surface area contributed by atoms with E-state index in [-0.39, 0.29) is 5.91 Å². The van der Waals surface area contributed by atoms with Gasteiger partial charge in [-0.2, -0.15) is 0 Å². The average molecular weight is 227 g/mol. The molecule has 0 heterocycles. The Bertz CT molecular complexity index is 204. The quantitative estimate of drug-likeness (QED) is 0.601. The number of amides is 1. The molecule has 0 aliphatic heterocycles. The third kappa shape index (κ3) is 4.49. The van der Waals surface area contributed by atoms with E-state index in [1.807, 2.05) is 0 Å². The highest BCUT2D eigenvalue weighted by molar-refractivity contribution is 5.78. The average Bonchev–Trinajstić information content (AvgIpc) is 2.15. The molecule has 0 spiro atoms. The lowest BCUT2D eigenvalue weighted by Gasteiger charge is -2.36. The van der Waals surface area contributed by atoms with Crippen molar-refractivity contribution in [1.29, 1.82) is 0 Å². The Morgan fingerprint density at radius 2 is 2.25 bits per heavy atom. The van der Waals surface area contributed by atoms with Crippen molar-refractivity contribution in [3.05, 3.63) is 0 Å². The topological polar surface area (TPSA) is 58.4 Å². The van der Waals surface area contributed by atoms with E-state index in [9.17, 15) is 4.79 Å². The summed E-state index contributed by atoms with van der Waals surface area (Å²) in [5.74, 6) is 0.147. The first kappa shape index (κ1) is 13.5. The SMILES string of the molecule is CCCCNC(=O)CN(CCN)C1CCC1. The third-order valence-corrected chi connectivity index (χ3v) is 3.21. The number of carbonyl (C=O) groups excluding carboxylic acids is 1. The second-order valence-corrected chi connectivity index (χ2v) is 4.55. The molecule has 1 aliphatic rings. The number of hydrogen-bond acceptors (Lipinski definition) is 3. The monoisotopic (exact) mass is 227 g/mol. The maximum atomic E-state index is 11.7. The lowest BCUT2D eigenvalue weighted by Crippen LogP contribution is -2.47. The molecule has 3 N–H and O–H groups in total. The molecule has 0 aromatic carbocycles. The molecule has 1 amide bonds. The zero-order valence-corrected chi connectivity index (χ0v) is 10.4. The largest absolute Gasteiger partial charge is 0.355 e. The van der Waals surface area contributed by atoms with Gasteiger partial charge in [-0.25, -0.2) is 0 Å². The van der Waals surface area contributed by atoms with Crippen LogP contribution in [-0.4, -0.2) is 43.0 Å². The maximum Gasteiger partial charge on any atom is 0.234 e. The van der Waals surface area contributed by atoms with E-state index < -0.39 is 0 Å². The van der Waals surface area contributed by atoms with Gasteiger partial charge >= 0.3 is 0 Å². The first-order chi connectivity index (χ1) is 7.77. The molecule has 0 radical (unpaired) electrons. The molecule has 0 aromatic rings. The van der Waals surface area contributed by atoms with Gasteiger partial charge in [-0.3, -0.25) is 9.69 Å². The smallest absolute Gasteiger partial charge is 0.234 e. The Kier molecular flexibility index (Phi) is 6.42. The van der Waals surface area contributed by atoms with Crippen molar-refractivity contribution in [2.45, 2.75) is 45.1 Å². The van der Waals surface area contributed by atoms with Gasteiger partial charge in [0.25, 0.3) is 0 Å². The Balaban J connectivity index is 2.21. The minimum absolute atomic E-state index is 0.147. The fraction of sp³-hybridized carbons (Fsp3) is 0.917. The summed E-state index contributed by atoms with van der Waals surface area (Å²) in [6.07, 6.45) is 5.93. The van der Waals surface area contributed by atoms with Crippen molar-refractivity contribution in [1.82, 2.24) is 10.2 Å². The predicted octanol–water partition coefficient (Wildman–Crippen LogP) is 0.716. The Morgan fingerprint density at radius 1 is 1.50 bits per heavy atom. The van der Waals surface area contributed by atoms with Gasteiger partial charge in [0.05, 0.1) is 6.54 Å². The summed E-state index contributed by atoms with van der Waals surface area (Å²) in [6, 6.07) is 0.598. The molecule has 94 valence electrons. The van der Waals surface area contributed by atoms with Crippen molar-refractivity contribution in [3.8, 4) is 0 Å². The summed E-state index contributed by atoms with van der Waals surface area (Å²) in [5, 5.41) is 2.95. The summed E-state index contributed by atoms with van der Waals surface area (Å²) in [7, 11) is 0. The van der Waals surface area contributed by atoms with Crippen LogP contribution in [0.25, 0.3) is 0 Å². The van der Waals surface area contributed by atoms with Crippen molar-refractivity contribution in [2.24, 2.45) is 5.73 Å². The summed E-state index contributed by atoms with van der Waals surface area (Å²) in [6.45, 7) is 4.92. The minimum Gasteiger partial charge on any atom is -0.355 e. The Morgan fingerprint density at radius 3 is 2.75 bits per heavy atom. The summed E-state index contributed by atoms with van der Waals surface area (Å²) < 4.78 is 0. The summed E-state index contributed by atoms with van der Waals surface area (Å²) >= 11 is 0. The first-order valence-electron chi connectivity index (χ1n) is 6.48. The zero-order chi connectivity index (χ0) is 11.8. The van der Waals surface area contributed by atoms with E-state index in [2.05, 4.69) is 17.1 Å². The molecule has 0 saturated heterocycles. The van der Waals surface area contributed by atoms with E-state index in [0.29, 0.717) is 19.1 Å². The maximum absolute atomic E-state index is 11.7. The van der Waals surface area contributed by atoms with Gasteiger partial charge in [-0.15, -0.1) is 0 Å². The highest BCUT2D eigenvalue weighted by Crippen LogP contribution is 2.23. The normalized spacial score (nSPS) is 16.2. The molecule has 0 atom stereocenters. The molecule has 1 rings (SSSR count). The van der Waals surface area contributed by atoms with Crippen molar-refractivity contribution in [2.75, 3.05) is 26.2 Å². The highest BCUT2D eigenvalue weighted by Gasteiger charge is 2.25. The van der Waals surface area contributed by atoms with Crippen LogP contribution in [-0.2, 0) is 4.79 Å². The number of nitrogens with one attached hydrogen (secondary N) is 1. The van der Waals surface area contributed by atoms with E-state index in [1.165, 1.54) is 19.3 Å². The molecule has 16 heavy (non-hydrogen) atoms. The molecule has 0 bridgehead atoms. The molecule has 1 fully saturated rings. The van der Waals surface area contributed by atoms with Gasteiger partial charge in [0.1, 0.15) is 0 Å². The fourth-order valence-corrected chi connectivity index (χ4v) is 1.95. The van der Waals surface area contributed by atoms with Crippen LogP contribution < -0.4 is 11.1 Å². The van der Waals surface area contributed by atoms with Gasteiger partial charge < -0.3 is 11.1 Å². The van der Waals surface area contributed by atoms with Gasteiger partial charge in [0.2, 0.25) is 5.91 Å². The number of carbonyl (C=O) groups is 1. The number of nitrogens with zero attached hydrogens (tertiary/aromatic N) is 1. The van der Waals surface area contributed by atoms with E-state index in [1.54, 1.807) is 0 Å². The van der Waals surface area contributed by atoms with Gasteiger partial charge in [-0.1, -0.05) is 19.8 Å². The van der Waals surface area contributed by atoms with Crippen LogP contribution in [0.4, 0.5) is 0 Å². The second kappa shape index (κ2) is 7.63. The predicted molar refractivity (Wildman–Crippen MR) is 66.2 cm³/mol. The molecule has 1 aliphatic carbocycles. The molecule has 1 saturated carbocycles. The minimum atomic E-state index is 0.147. The number of nitrogens with two attached hydrogens (primary N) is 1. The fourth-order valence-electron chi connectivity index (χ4n) is 1.95. The Hall–Kier alpha value is -0.610. The lowest BCUT2D eigenvalue weighted by atomic mass is 9.91.